The quantitative estimate of drug-likeness (QED) is 0.218. The van der Waals surface area contributed by atoms with Gasteiger partial charge in [-0.1, -0.05) is 42.2 Å². The van der Waals surface area contributed by atoms with E-state index in [1.54, 1.807) is 23.1 Å². The molecule has 0 N–H and O–H groups in total. The third-order valence-corrected chi connectivity index (χ3v) is 7.42. The highest BCUT2D eigenvalue weighted by Gasteiger charge is 2.34. The van der Waals surface area contributed by atoms with Gasteiger partial charge in [0.05, 0.1) is 27.7 Å². The second-order valence-corrected chi connectivity index (χ2v) is 10.4. The normalized spacial score (nSPS) is 19.5. The fraction of sp³-hybridized carbons (Fsp3) is 0.333. The van der Waals surface area contributed by atoms with E-state index in [1.165, 1.54) is 17.8 Å². The van der Waals surface area contributed by atoms with Gasteiger partial charge in [0.25, 0.3) is 5.91 Å². The molecule has 1 amide bonds. The highest BCUT2D eigenvalue weighted by Crippen LogP contribution is 2.38. The van der Waals surface area contributed by atoms with E-state index in [2.05, 4.69) is 22.6 Å². The molecule has 0 spiro atoms. The highest BCUT2D eigenvalue weighted by atomic mass is 127. The highest BCUT2D eigenvalue weighted by molar-refractivity contribution is 14.1. The molecule has 0 bridgehead atoms. The van der Waals surface area contributed by atoms with Crippen LogP contribution in [0.1, 0.15) is 30.9 Å². The van der Waals surface area contributed by atoms with Crippen molar-refractivity contribution < 1.29 is 23.4 Å². The molecule has 9 heteroatoms. The van der Waals surface area contributed by atoms with Crippen LogP contribution in [0.5, 0.6) is 11.5 Å². The fourth-order valence-electron chi connectivity index (χ4n) is 3.64. The summed E-state index contributed by atoms with van der Waals surface area (Å²) in [6, 6.07) is 10.3. The van der Waals surface area contributed by atoms with E-state index < -0.39 is 0 Å². The summed E-state index contributed by atoms with van der Waals surface area (Å²) in [6.45, 7) is 3.64. The molecule has 0 radical (unpaired) electrons. The van der Waals surface area contributed by atoms with E-state index >= 15 is 0 Å². The molecule has 0 aromatic heterocycles. The molecular formula is C24H23FINO4S2. The SMILES string of the molecule is CCOc1cc(/C=C2\SC(=S)N(C[C@H]3CCCO3)C2=O)cc(I)c1OCc1ccccc1F. The molecule has 5 nitrogen and oxygen atoms in total. The molecule has 2 saturated heterocycles. The van der Waals surface area contributed by atoms with Gasteiger partial charge in [-0.05, 0) is 72.2 Å². The molecule has 1 atom stereocenters. The number of rotatable bonds is 8. The van der Waals surface area contributed by atoms with Crippen LogP contribution in [0.25, 0.3) is 6.08 Å². The molecule has 0 unspecified atom stereocenters. The summed E-state index contributed by atoms with van der Waals surface area (Å²) in [6.07, 6.45) is 3.82. The molecule has 2 aliphatic heterocycles. The Morgan fingerprint density at radius 1 is 1.33 bits per heavy atom. The van der Waals surface area contributed by atoms with Crippen LogP contribution in [0, 0.1) is 9.39 Å². The van der Waals surface area contributed by atoms with Gasteiger partial charge < -0.3 is 14.2 Å². The number of ether oxygens (including phenoxy) is 3. The summed E-state index contributed by atoms with van der Waals surface area (Å²) in [5.74, 6) is 0.672. The van der Waals surface area contributed by atoms with Gasteiger partial charge in [0.1, 0.15) is 16.7 Å². The summed E-state index contributed by atoms with van der Waals surface area (Å²) in [5.41, 5.74) is 1.27. The van der Waals surface area contributed by atoms with Gasteiger partial charge in [0.2, 0.25) is 0 Å². The largest absolute Gasteiger partial charge is 0.490 e. The standard InChI is InChI=1S/C24H23FINO4S2/c1-2-29-20-11-15(10-19(26)22(20)31-14-16-6-3-4-8-18(16)25)12-21-23(28)27(24(32)33-21)13-17-7-5-9-30-17/h3-4,6,8,10-12,17H,2,5,7,9,13-14H2,1H3/b21-12-/t17-/m1/s1. The van der Waals surface area contributed by atoms with Crippen molar-refractivity contribution in [1.29, 1.82) is 0 Å². The number of hydrogen-bond acceptors (Lipinski definition) is 6. The van der Waals surface area contributed by atoms with Crippen LogP contribution >= 0.6 is 46.6 Å². The number of thiocarbonyl (C=S) groups is 1. The van der Waals surface area contributed by atoms with Crippen LogP contribution < -0.4 is 9.47 Å². The lowest BCUT2D eigenvalue weighted by Crippen LogP contribution is -2.35. The lowest BCUT2D eigenvalue weighted by molar-refractivity contribution is -0.123. The number of thioether (sulfide) groups is 1. The maximum Gasteiger partial charge on any atom is 0.266 e. The molecule has 2 aromatic carbocycles. The Labute approximate surface area is 215 Å². The number of amides is 1. The van der Waals surface area contributed by atoms with Crippen molar-refractivity contribution in [2.45, 2.75) is 32.5 Å². The molecule has 174 valence electrons. The molecule has 2 heterocycles. The lowest BCUT2D eigenvalue weighted by Gasteiger charge is -2.18. The zero-order chi connectivity index (χ0) is 23.4. The van der Waals surface area contributed by atoms with E-state index in [0.717, 1.165) is 28.6 Å². The van der Waals surface area contributed by atoms with Gasteiger partial charge >= 0.3 is 0 Å². The summed E-state index contributed by atoms with van der Waals surface area (Å²) in [4.78, 5) is 15.2. The number of nitrogens with zero attached hydrogens (tertiary/aromatic N) is 1. The van der Waals surface area contributed by atoms with Crippen molar-refractivity contribution in [3.8, 4) is 11.5 Å². The average molecular weight is 599 g/mol. The van der Waals surface area contributed by atoms with Crippen molar-refractivity contribution >= 4 is 62.9 Å². The van der Waals surface area contributed by atoms with E-state index in [4.69, 9.17) is 26.4 Å². The van der Waals surface area contributed by atoms with Gasteiger partial charge in [-0.2, -0.15) is 0 Å². The number of carbonyl (C=O) groups excluding carboxylic acids is 1. The van der Waals surface area contributed by atoms with Gasteiger partial charge in [-0.25, -0.2) is 4.39 Å². The minimum Gasteiger partial charge on any atom is -0.490 e. The minimum atomic E-state index is -0.313. The van der Waals surface area contributed by atoms with Crippen molar-refractivity contribution in [2.24, 2.45) is 0 Å². The van der Waals surface area contributed by atoms with E-state index in [1.807, 2.05) is 25.1 Å². The minimum absolute atomic E-state index is 0.0447. The first kappa shape index (κ1) is 24.4. The molecule has 0 saturated carbocycles. The molecule has 2 aliphatic rings. The zero-order valence-electron chi connectivity index (χ0n) is 18.0. The maximum absolute atomic E-state index is 14.0. The third kappa shape index (κ3) is 5.87. The predicted molar refractivity (Wildman–Crippen MR) is 140 cm³/mol. The van der Waals surface area contributed by atoms with Crippen LogP contribution in [-0.2, 0) is 16.1 Å². The lowest BCUT2D eigenvalue weighted by atomic mass is 10.1. The Kier molecular flexibility index (Phi) is 8.26. The Morgan fingerprint density at radius 2 is 2.15 bits per heavy atom. The molecule has 33 heavy (non-hydrogen) atoms. The summed E-state index contributed by atoms with van der Waals surface area (Å²) >= 11 is 8.90. The predicted octanol–water partition coefficient (Wildman–Crippen LogP) is 5.79. The van der Waals surface area contributed by atoms with Gasteiger partial charge in [-0.3, -0.25) is 9.69 Å². The fourth-order valence-corrected chi connectivity index (χ4v) is 5.70. The van der Waals surface area contributed by atoms with Crippen molar-refractivity contribution in [3.63, 3.8) is 0 Å². The number of benzene rings is 2. The number of halogens is 2. The Bertz CT molecular complexity index is 1090. The van der Waals surface area contributed by atoms with Crippen LogP contribution in [0.2, 0.25) is 0 Å². The topological polar surface area (TPSA) is 48.0 Å². The Morgan fingerprint density at radius 3 is 2.88 bits per heavy atom. The zero-order valence-corrected chi connectivity index (χ0v) is 21.8. The number of carbonyl (C=O) groups is 1. The molecular weight excluding hydrogens is 576 g/mol. The van der Waals surface area contributed by atoms with Gasteiger partial charge in [0, 0.05) is 12.2 Å². The molecule has 2 aromatic rings. The summed E-state index contributed by atoms with van der Waals surface area (Å²) in [7, 11) is 0. The Balaban J connectivity index is 1.54. The second-order valence-electron chi connectivity index (χ2n) is 7.57. The van der Waals surface area contributed by atoms with E-state index in [0.29, 0.717) is 39.4 Å². The first-order chi connectivity index (χ1) is 16.0. The second kappa shape index (κ2) is 11.2. The Hall–Kier alpha value is -1.69. The molecule has 2 fully saturated rings. The van der Waals surface area contributed by atoms with Crippen LogP contribution in [0.3, 0.4) is 0 Å². The van der Waals surface area contributed by atoms with Crippen molar-refractivity contribution in [2.75, 3.05) is 19.8 Å². The summed E-state index contributed by atoms with van der Waals surface area (Å²) < 4.78 is 32.7. The van der Waals surface area contributed by atoms with E-state index in [-0.39, 0.29) is 24.4 Å². The molecule has 4 rings (SSSR count). The van der Waals surface area contributed by atoms with Crippen LogP contribution in [-0.4, -0.2) is 41.0 Å². The van der Waals surface area contributed by atoms with Crippen LogP contribution in [0.4, 0.5) is 4.39 Å². The van der Waals surface area contributed by atoms with Crippen LogP contribution in [0.15, 0.2) is 41.3 Å². The van der Waals surface area contributed by atoms with Crippen molar-refractivity contribution in [1.82, 2.24) is 4.90 Å². The monoisotopic (exact) mass is 599 g/mol. The van der Waals surface area contributed by atoms with Gasteiger partial charge in [0.15, 0.2) is 11.5 Å². The third-order valence-electron chi connectivity index (χ3n) is 5.24. The number of hydrogen-bond donors (Lipinski definition) is 0. The smallest absolute Gasteiger partial charge is 0.266 e. The first-order valence-corrected chi connectivity index (χ1v) is 13.0. The van der Waals surface area contributed by atoms with Crippen molar-refractivity contribution in [3.05, 3.63) is 61.8 Å². The maximum atomic E-state index is 14.0. The first-order valence-electron chi connectivity index (χ1n) is 10.7. The molecule has 0 aliphatic carbocycles. The average Bonchev–Trinajstić information content (AvgIpc) is 3.39. The van der Waals surface area contributed by atoms with E-state index in [9.17, 15) is 9.18 Å². The summed E-state index contributed by atoms with van der Waals surface area (Å²) in [5, 5.41) is 0. The van der Waals surface area contributed by atoms with Gasteiger partial charge in [-0.15, -0.1) is 0 Å².